The third-order valence-corrected chi connectivity index (χ3v) is 8.11. The minimum atomic E-state index is -1.25. The minimum Gasteiger partial charge on any atom is -0.467 e. The number of likely N-dealkylation sites (tertiary alicyclic amines) is 1. The maximum absolute atomic E-state index is 13.9. The van der Waals surface area contributed by atoms with Crippen molar-refractivity contribution in [1.29, 1.82) is 0 Å². The van der Waals surface area contributed by atoms with Crippen molar-refractivity contribution in [2.75, 3.05) is 20.3 Å². The second kappa shape index (κ2) is 20.7. The van der Waals surface area contributed by atoms with Gasteiger partial charge in [0.25, 0.3) is 0 Å². The van der Waals surface area contributed by atoms with Crippen LogP contribution in [-0.4, -0.2) is 90.8 Å². The van der Waals surface area contributed by atoms with Gasteiger partial charge in [-0.15, -0.1) is 0 Å². The SMILES string of the molecule is CCOC(=O)C=CCC[C@H](NC(=O)C=Cc1ccsc1)C(=O)N[C@@H](CCC(N)=O)C(=O)N1CCC[C@H]1C(=O)N[C@@H](CC(C)C)C(=O)OC. The number of carbonyl (C=O) groups is 7. The first-order valence-corrected chi connectivity index (χ1v) is 16.9. The number of carbonyl (C=O) groups excluding carboxylic acids is 7. The van der Waals surface area contributed by atoms with Crippen molar-refractivity contribution in [2.24, 2.45) is 11.7 Å². The summed E-state index contributed by atoms with van der Waals surface area (Å²) >= 11 is 1.46. The molecule has 0 radical (unpaired) electrons. The molecule has 5 N–H and O–H groups in total. The van der Waals surface area contributed by atoms with Gasteiger partial charge in [0.05, 0.1) is 13.7 Å². The molecule has 1 aliphatic rings. The Morgan fingerprint density at radius 3 is 2.42 bits per heavy atom. The average Bonchev–Trinajstić information content (AvgIpc) is 3.75. The summed E-state index contributed by atoms with van der Waals surface area (Å²) in [7, 11) is 1.23. The first kappa shape index (κ1) is 39.6. The molecular weight excluding hydrogens is 642 g/mol. The minimum absolute atomic E-state index is 0.0655. The van der Waals surface area contributed by atoms with E-state index in [1.807, 2.05) is 30.7 Å². The monoisotopic (exact) mass is 689 g/mol. The largest absolute Gasteiger partial charge is 0.467 e. The average molecular weight is 690 g/mol. The van der Waals surface area contributed by atoms with Crippen molar-refractivity contribution in [2.45, 2.75) is 89.9 Å². The van der Waals surface area contributed by atoms with Gasteiger partial charge in [0.2, 0.25) is 29.5 Å². The quantitative estimate of drug-likeness (QED) is 0.123. The molecule has 264 valence electrons. The third-order valence-electron chi connectivity index (χ3n) is 7.41. The van der Waals surface area contributed by atoms with E-state index in [2.05, 4.69) is 16.0 Å². The number of nitrogens with zero attached hydrogens (tertiary/aromatic N) is 1. The van der Waals surface area contributed by atoms with E-state index < -0.39 is 65.6 Å². The molecular formula is C33H47N5O9S. The van der Waals surface area contributed by atoms with E-state index in [-0.39, 0.29) is 44.8 Å². The van der Waals surface area contributed by atoms with E-state index in [1.54, 1.807) is 13.0 Å². The maximum Gasteiger partial charge on any atom is 0.330 e. The van der Waals surface area contributed by atoms with Gasteiger partial charge in [0.1, 0.15) is 24.2 Å². The van der Waals surface area contributed by atoms with Crippen LogP contribution < -0.4 is 21.7 Å². The van der Waals surface area contributed by atoms with Gasteiger partial charge in [0, 0.05) is 25.1 Å². The number of esters is 2. The first-order chi connectivity index (χ1) is 22.9. The van der Waals surface area contributed by atoms with Crippen LogP contribution in [0.3, 0.4) is 0 Å². The molecule has 15 heteroatoms. The van der Waals surface area contributed by atoms with Crippen LogP contribution in [0.1, 0.15) is 71.3 Å². The molecule has 0 aromatic carbocycles. The van der Waals surface area contributed by atoms with Crippen LogP contribution >= 0.6 is 11.3 Å². The molecule has 5 amide bonds. The normalized spacial score (nSPS) is 16.4. The summed E-state index contributed by atoms with van der Waals surface area (Å²) in [5.41, 5.74) is 6.17. The lowest BCUT2D eigenvalue weighted by Gasteiger charge is -2.30. The predicted molar refractivity (Wildman–Crippen MR) is 179 cm³/mol. The van der Waals surface area contributed by atoms with E-state index in [9.17, 15) is 33.6 Å². The summed E-state index contributed by atoms with van der Waals surface area (Å²) in [6.45, 7) is 5.87. The molecule has 0 unspecified atom stereocenters. The Morgan fingerprint density at radius 1 is 1.04 bits per heavy atom. The molecule has 1 fully saturated rings. The Hall–Kier alpha value is -4.53. The standard InChI is InChI=1S/C33H47N5O9S/c1-5-47-29(41)11-7-6-9-23(35-28(40)15-12-22-16-18-48-20-22)30(42)36-24(13-14-27(34)39)32(44)38-17-8-10-26(38)31(43)37-25(19-21(2)3)33(45)46-4/h7,11-12,15-16,18,20-21,23-26H,5-6,8-10,13-14,17,19H2,1-4H3,(H2,34,39)(H,35,40)(H,36,42)(H,37,43)/t23-,24-,25-,26-/m0/s1. The molecule has 1 saturated heterocycles. The Balaban J connectivity index is 2.25. The molecule has 0 spiro atoms. The second-order valence-electron chi connectivity index (χ2n) is 11.7. The molecule has 14 nitrogen and oxygen atoms in total. The van der Waals surface area contributed by atoms with Crippen LogP contribution in [0.4, 0.5) is 0 Å². The Bertz CT molecular complexity index is 1330. The number of ether oxygens (including phenoxy) is 2. The van der Waals surface area contributed by atoms with Crippen LogP contribution in [0.5, 0.6) is 0 Å². The highest BCUT2D eigenvalue weighted by atomic mass is 32.1. The lowest BCUT2D eigenvalue weighted by atomic mass is 10.0. The Kier molecular flexibility index (Phi) is 17.1. The number of methoxy groups -OCH3 is 1. The van der Waals surface area contributed by atoms with E-state index in [0.717, 1.165) is 5.56 Å². The Labute approximate surface area is 284 Å². The van der Waals surface area contributed by atoms with Crippen LogP contribution in [-0.2, 0) is 43.0 Å². The van der Waals surface area contributed by atoms with Gasteiger partial charge in [-0.05, 0) is 79.8 Å². The van der Waals surface area contributed by atoms with Crippen LogP contribution in [0.25, 0.3) is 6.08 Å². The van der Waals surface area contributed by atoms with Gasteiger partial charge in [-0.25, -0.2) is 9.59 Å². The predicted octanol–water partition coefficient (Wildman–Crippen LogP) is 1.59. The lowest BCUT2D eigenvalue weighted by Crippen LogP contribution is -2.57. The van der Waals surface area contributed by atoms with Gasteiger partial charge in [-0.3, -0.25) is 24.0 Å². The van der Waals surface area contributed by atoms with E-state index >= 15 is 0 Å². The molecule has 2 heterocycles. The highest BCUT2D eigenvalue weighted by Gasteiger charge is 2.39. The highest BCUT2D eigenvalue weighted by Crippen LogP contribution is 2.21. The van der Waals surface area contributed by atoms with Gasteiger partial charge >= 0.3 is 11.9 Å². The van der Waals surface area contributed by atoms with Crippen molar-refractivity contribution in [3.63, 3.8) is 0 Å². The van der Waals surface area contributed by atoms with Crippen molar-refractivity contribution in [1.82, 2.24) is 20.9 Å². The number of nitrogens with one attached hydrogen (secondary N) is 3. The molecule has 0 bridgehead atoms. The molecule has 1 aromatic rings. The number of thiophene rings is 1. The zero-order valence-electron chi connectivity index (χ0n) is 27.9. The van der Waals surface area contributed by atoms with Crippen molar-refractivity contribution in [3.05, 3.63) is 40.6 Å². The molecule has 1 aromatic heterocycles. The number of allylic oxidation sites excluding steroid dienone is 1. The van der Waals surface area contributed by atoms with Crippen molar-refractivity contribution >= 4 is 58.9 Å². The van der Waals surface area contributed by atoms with Crippen LogP contribution in [0, 0.1) is 5.92 Å². The number of primary amides is 1. The fourth-order valence-corrected chi connectivity index (χ4v) is 5.71. The lowest BCUT2D eigenvalue weighted by molar-refractivity contribution is -0.147. The number of rotatable bonds is 19. The van der Waals surface area contributed by atoms with E-state index in [1.165, 1.54) is 41.6 Å². The molecule has 1 aliphatic heterocycles. The third kappa shape index (κ3) is 13.7. The molecule has 4 atom stereocenters. The van der Waals surface area contributed by atoms with Crippen molar-refractivity contribution in [3.8, 4) is 0 Å². The van der Waals surface area contributed by atoms with Crippen LogP contribution in [0.2, 0.25) is 0 Å². The number of hydrogen-bond acceptors (Lipinski definition) is 10. The highest BCUT2D eigenvalue weighted by molar-refractivity contribution is 7.08. The summed E-state index contributed by atoms with van der Waals surface area (Å²) in [4.78, 5) is 90.6. The van der Waals surface area contributed by atoms with Gasteiger partial charge in [-0.1, -0.05) is 19.9 Å². The van der Waals surface area contributed by atoms with Gasteiger partial charge < -0.3 is 36.1 Å². The summed E-state index contributed by atoms with van der Waals surface area (Å²) in [6, 6.07) is -2.38. The number of nitrogens with two attached hydrogens (primary N) is 1. The summed E-state index contributed by atoms with van der Waals surface area (Å²) < 4.78 is 9.71. The zero-order valence-corrected chi connectivity index (χ0v) is 28.7. The fourth-order valence-electron chi connectivity index (χ4n) is 5.08. The topological polar surface area (TPSA) is 203 Å². The smallest absolute Gasteiger partial charge is 0.330 e. The first-order valence-electron chi connectivity index (χ1n) is 16.0. The van der Waals surface area contributed by atoms with Crippen LogP contribution in [0.15, 0.2) is 35.1 Å². The molecule has 48 heavy (non-hydrogen) atoms. The summed E-state index contributed by atoms with van der Waals surface area (Å²) in [6.07, 6.45) is 6.64. The summed E-state index contributed by atoms with van der Waals surface area (Å²) in [5, 5.41) is 11.7. The number of hydrogen-bond donors (Lipinski definition) is 4. The zero-order chi connectivity index (χ0) is 35.6. The fraction of sp³-hybridized carbons (Fsp3) is 0.545. The van der Waals surface area contributed by atoms with Gasteiger partial charge in [-0.2, -0.15) is 11.3 Å². The second-order valence-corrected chi connectivity index (χ2v) is 12.4. The Morgan fingerprint density at radius 2 is 1.79 bits per heavy atom. The summed E-state index contributed by atoms with van der Waals surface area (Å²) in [5.74, 6) is -4.18. The van der Waals surface area contributed by atoms with E-state index in [0.29, 0.717) is 19.3 Å². The van der Waals surface area contributed by atoms with E-state index in [4.69, 9.17) is 15.2 Å². The maximum atomic E-state index is 13.9. The van der Waals surface area contributed by atoms with Crippen molar-refractivity contribution < 1.29 is 43.0 Å². The molecule has 0 aliphatic carbocycles. The number of amides is 5. The van der Waals surface area contributed by atoms with Gasteiger partial charge in [0.15, 0.2) is 0 Å². The molecule has 0 saturated carbocycles. The molecule has 2 rings (SSSR count).